The van der Waals surface area contributed by atoms with Crippen molar-refractivity contribution < 1.29 is 23.9 Å². The smallest absolute Gasteiger partial charge is 0.328 e. The van der Waals surface area contributed by atoms with Crippen LogP contribution >= 0.6 is 11.6 Å². The molecule has 1 aliphatic carbocycles. The van der Waals surface area contributed by atoms with E-state index in [1.165, 1.54) is 13.2 Å². The second-order valence-corrected chi connectivity index (χ2v) is 9.43. The van der Waals surface area contributed by atoms with E-state index in [1.54, 1.807) is 6.07 Å². The molecule has 31 heavy (non-hydrogen) atoms. The summed E-state index contributed by atoms with van der Waals surface area (Å²) >= 11 is 5.83. The summed E-state index contributed by atoms with van der Waals surface area (Å²) in [5.74, 6) is -1.79. The predicted octanol–water partition coefficient (Wildman–Crippen LogP) is 1.53. The van der Waals surface area contributed by atoms with E-state index in [2.05, 4.69) is 20.9 Å². The summed E-state index contributed by atoms with van der Waals surface area (Å²) in [5, 5.41) is 8.62. The van der Waals surface area contributed by atoms with Crippen LogP contribution in [0.3, 0.4) is 0 Å². The molecule has 3 amide bonds. The molecule has 1 aliphatic heterocycles. The van der Waals surface area contributed by atoms with Crippen molar-refractivity contribution in [1.82, 2.24) is 20.9 Å². The molecule has 2 heterocycles. The molecular weight excluding hydrogens is 424 g/mol. The molecule has 1 aromatic rings. The molecule has 2 fully saturated rings. The first kappa shape index (κ1) is 23.1. The summed E-state index contributed by atoms with van der Waals surface area (Å²) < 4.78 is 4.84. The van der Waals surface area contributed by atoms with E-state index in [1.807, 2.05) is 13.8 Å². The van der Waals surface area contributed by atoms with Crippen molar-refractivity contribution in [2.45, 2.75) is 63.6 Å². The van der Waals surface area contributed by atoms with Crippen LogP contribution in [0.1, 0.15) is 56.4 Å². The lowest BCUT2D eigenvalue weighted by molar-refractivity contribution is -0.146. The Hall–Kier alpha value is -2.55. The summed E-state index contributed by atoms with van der Waals surface area (Å²) in [7, 11) is 1.23. The van der Waals surface area contributed by atoms with Gasteiger partial charge < -0.3 is 25.7 Å². The Morgan fingerprint density at radius 1 is 1.19 bits per heavy atom. The number of ether oxygens (including phenoxy) is 1. The van der Waals surface area contributed by atoms with Gasteiger partial charge in [0.1, 0.15) is 22.9 Å². The van der Waals surface area contributed by atoms with E-state index in [9.17, 15) is 19.2 Å². The number of esters is 1. The SMILES string of the molecule is COC(=O)C(CC1CC(C)(C)NC1=O)NC(=O)C(CC1CC1)NC(=O)c1ccc(Cl)[nH]1. The van der Waals surface area contributed by atoms with E-state index < -0.39 is 35.8 Å². The lowest BCUT2D eigenvalue weighted by atomic mass is 9.91. The molecular formula is C21H29ClN4O5. The number of halogens is 1. The fraction of sp³-hybridized carbons (Fsp3) is 0.619. The van der Waals surface area contributed by atoms with Crippen LogP contribution in [0.2, 0.25) is 5.15 Å². The monoisotopic (exact) mass is 452 g/mol. The molecule has 4 N–H and O–H groups in total. The topological polar surface area (TPSA) is 129 Å². The van der Waals surface area contributed by atoms with Crippen LogP contribution in [0.25, 0.3) is 0 Å². The summed E-state index contributed by atoms with van der Waals surface area (Å²) in [5.41, 5.74) is -0.125. The lowest BCUT2D eigenvalue weighted by Crippen LogP contribution is -2.52. The van der Waals surface area contributed by atoms with Crippen LogP contribution in [0, 0.1) is 11.8 Å². The van der Waals surface area contributed by atoms with Gasteiger partial charge in [-0.3, -0.25) is 14.4 Å². The van der Waals surface area contributed by atoms with E-state index in [0.717, 1.165) is 12.8 Å². The normalized spacial score (nSPS) is 21.7. The Morgan fingerprint density at radius 3 is 2.42 bits per heavy atom. The molecule has 3 atom stereocenters. The van der Waals surface area contributed by atoms with Gasteiger partial charge in [-0.1, -0.05) is 24.4 Å². The van der Waals surface area contributed by atoms with Crippen LogP contribution in [-0.4, -0.2) is 53.4 Å². The van der Waals surface area contributed by atoms with Crippen LogP contribution in [0.5, 0.6) is 0 Å². The van der Waals surface area contributed by atoms with Gasteiger partial charge in [0.25, 0.3) is 5.91 Å². The fourth-order valence-corrected chi connectivity index (χ4v) is 4.12. The number of H-pyrrole nitrogens is 1. The highest BCUT2D eigenvalue weighted by Gasteiger charge is 2.41. The molecule has 170 valence electrons. The summed E-state index contributed by atoms with van der Waals surface area (Å²) in [4.78, 5) is 52.9. The molecule has 1 aromatic heterocycles. The molecule has 9 nitrogen and oxygen atoms in total. The first-order valence-corrected chi connectivity index (χ1v) is 10.8. The average Bonchev–Trinajstić information content (AvgIpc) is 3.34. The Balaban J connectivity index is 1.68. The summed E-state index contributed by atoms with van der Waals surface area (Å²) in [6, 6.07) is 1.28. The van der Waals surface area contributed by atoms with E-state index in [4.69, 9.17) is 16.3 Å². The number of aromatic amines is 1. The zero-order valence-corrected chi connectivity index (χ0v) is 18.7. The molecule has 2 aliphatic rings. The van der Waals surface area contributed by atoms with Crippen molar-refractivity contribution >= 4 is 35.3 Å². The molecule has 0 bridgehead atoms. The minimum Gasteiger partial charge on any atom is -0.467 e. The molecule has 10 heteroatoms. The number of aromatic nitrogens is 1. The van der Waals surface area contributed by atoms with Gasteiger partial charge in [0.15, 0.2) is 0 Å². The molecule has 1 saturated heterocycles. The van der Waals surface area contributed by atoms with Gasteiger partial charge in [-0.15, -0.1) is 0 Å². The number of hydrogen-bond acceptors (Lipinski definition) is 5. The first-order chi connectivity index (χ1) is 14.6. The van der Waals surface area contributed by atoms with Crippen molar-refractivity contribution in [3.05, 3.63) is 23.0 Å². The van der Waals surface area contributed by atoms with Gasteiger partial charge >= 0.3 is 5.97 Å². The number of rotatable bonds is 9. The Morgan fingerprint density at radius 2 is 1.90 bits per heavy atom. The van der Waals surface area contributed by atoms with Crippen LogP contribution in [0.15, 0.2) is 12.1 Å². The second-order valence-electron chi connectivity index (χ2n) is 9.02. The largest absolute Gasteiger partial charge is 0.467 e. The van der Waals surface area contributed by atoms with Crippen LogP contribution in [-0.2, 0) is 19.1 Å². The standard InChI is InChI=1S/C21H29ClN4O5/c1-21(2)10-12(17(27)26-21)9-15(20(30)31-3)25-19(29)14(8-11-4-5-11)24-18(28)13-6-7-16(22)23-13/h6-7,11-12,14-15,23H,4-5,8-10H2,1-3H3,(H,24,28)(H,25,29)(H,26,27). The number of carbonyl (C=O) groups is 4. The summed E-state index contributed by atoms with van der Waals surface area (Å²) in [6.45, 7) is 3.81. The highest BCUT2D eigenvalue weighted by Crippen LogP contribution is 2.34. The van der Waals surface area contributed by atoms with Gasteiger partial charge in [0.05, 0.1) is 7.11 Å². The van der Waals surface area contributed by atoms with Crippen molar-refractivity contribution in [3.8, 4) is 0 Å². The maximum absolute atomic E-state index is 13.0. The Bertz CT molecular complexity index is 864. The maximum Gasteiger partial charge on any atom is 0.328 e. The lowest BCUT2D eigenvalue weighted by Gasteiger charge is -2.23. The van der Waals surface area contributed by atoms with Crippen molar-refractivity contribution in [2.24, 2.45) is 11.8 Å². The van der Waals surface area contributed by atoms with Crippen LogP contribution in [0.4, 0.5) is 0 Å². The van der Waals surface area contributed by atoms with Crippen molar-refractivity contribution in [3.63, 3.8) is 0 Å². The zero-order chi connectivity index (χ0) is 22.8. The first-order valence-electron chi connectivity index (χ1n) is 10.4. The van der Waals surface area contributed by atoms with E-state index >= 15 is 0 Å². The van der Waals surface area contributed by atoms with Gasteiger partial charge in [0.2, 0.25) is 11.8 Å². The minimum absolute atomic E-state index is 0.129. The highest BCUT2D eigenvalue weighted by atomic mass is 35.5. The Labute approximate surface area is 186 Å². The molecule has 1 saturated carbocycles. The van der Waals surface area contributed by atoms with Gasteiger partial charge in [-0.2, -0.15) is 0 Å². The van der Waals surface area contributed by atoms with E-state index in [-0.39, 0.29) is 23.6 Å². The van der Waals surface area contributed by atoms with Gasteiger partial charge in [0, 0.05) is 11.5 Å². The Kier molecular flexibility index (Phi) is 6.93. The average molecular weight is 453 g/mol. The third-order valence-electron chi connectivity index (χ3n) is 5.69. The molecule has 3 rings (SSSR count). The molecule has 0 spiro atoms. The molecule has 0 radical (unpaired) electrons. The van der Waals surface area contributed by atoms with Crippen molar-refractivity contribution in [1.29, 1.82) is 0 Å². The predicted molar refractivity (Wildman–Crippen MR) is 113 cm³/mol. The second kappa shape index (κ2) is 9.30. The number of amides is 3. The van der Waals surface area contributed by atoms with Gasteiger partial charge in [-0.25, -0.2) is 4.79 Å². The fourth-order valence-electron chi connectivity index (χ4n) is 3.95. The maximum atomic E-state index is 13.0. The highest BCUT2D eigenvalue weighted by molar-refractivity contribution is 6.29. The van der Waals surface area contributed by atoms with E-state index in [0.29, 0.717) is 23.9 Å². The van der Waals surface area contributed by atoms with Gasteiger partial charge in [-0.05, 0) is 51.2 Å². The molecule has 0 aromatic carbocycles. The van der Waals surface area contributed by atoms with Crippen molar-refractivity contribution in [2.75, 3.05) is 7.11 Å². The molecule has 3 unspecified atom stereocenters. The third-order valence-corrected chi connectivity index (χ3v) is 5.91. The zero-order valence-electron chi connectivity index (χ0n) is 17.9. The van der Waals surface area contributed by atoms with Crippen LogP contribution < -0.4 is 16.0 Å². The number of methoxy groups -OCH3 is 1. The third kappa shape index (κ3) is 6.22. The summed E-state index contributed by atoms with van der Waals surface area (Å²) in [6.07, 6.45) is 3.13. The quantitative estimate of drug-likeness (QED) is 0.422. The number of carbonyl (C=O) groups excluding carboxylic acids is 4. The minimum atomic E-state index is -0.985. The number of nitrogens with one attached hydrogen (secondary N) is 4. The number of hydrogen-bond donors (Lipinski definition) is 4.